The molecule has 0 atom stereocenters. The Bertz CT molecular complexity index is 971. The Kier molecular flexibility index (Phi) is 3.12. The van der Waals surface area contributed by atoms with E-state index in [1.54, 1.807) is 18.4 Å². The van der Waals surface area contributed by atoms with Crippen LogP contribution in [0.15, 0.2) is 59.2 Å². The summed E-state index contributed by atoms with van der Waals surface area (Å²) in [6.45, 7) is 0. The molecule has 0 bridgehead atoms. The normalized spacial score (nSPS) is 11.5. The van der Waals surface area contributed by atoms with Crippen molar-refractivity contribution >= 4 is 23.7 Å². The zero-order valence-corrected chi connectivity index (χ0v) is 12.1. The Hall–Kier alpha value is -3.41. The summed E-state index contributed by atoms with van der Waals surface area (Å²) in [7, 11) is 0. The molecule has 0 unspecified atom stereocenters. The van der Waals surface area contributed by atoms with E-state index in [4.69, 9.17) is 10.2 Å². The van der Waals surface area contributed by atoms with E-state index in [1.807, 2.05) is 48.6 Å². The highest BCUT2D eigenvalue weighted by Crippen LogP contribution is 2.18. The van der Waals surface area contributed by atoms with Crippen LogP contribution in [0.4, 0.5) is 5.95 Å². The Morgan fingerprint density at radius 1 is 1.00 bits per heavy atom. The number of furan rings is 1. The predicted octanol–water partition coefficient (Wildman–Crippen LogP) is 3.14. The highest BCUT2D eigenvalue weighted by atomic mass is 16.3. The van der Waals surface area contributed by atoms with Crippen LogP contribution in [-0.2, 0) is 0 Å². The third-order valence-electron chi connectivity index (χ3n) is 3.36. The van der Waals surface area contributed by atoms with Crippen LogP contribution in [0.3, 0.4) is 0 Å². The van der Waals surface area contributed by atoms with Crippen molar-refractivity contribution in [1.82, 2.24) is 19.6 Å². The average molecular weight is 303 g/mol. The molecule has 1 aromatic carbocycles. The van der Waals surface area contributed by atoms with Crippen molar-refractivity contribution in [2.75, 3.05) is 5.73 Å². The molecule has 4 aromatic rings. The van der Waals surface area contributed by atoms with Gasteiger partial charge in [-0.2, -0.15) is 4.52 Å². The molecule has 0 saturated carbocycles. The Morgan fingerprint density at radius 2 is 1.87 bits per heavy atom. The maximum absolute atomic E-state index is 5.98. The molecule has 23 heavy (non-hydrogen) atoms. The van der Waals surface area contributed by atoms with Gasteiger partial charge in [0.2, 0.25) is 11.8 Å². The van der Waals surface area contributed by atoms with Crippen LogP contribution in [0.1, 0.15) is 11.3 Å². The summed E-state index contributed by atoms with van der Waals surface area (Å²) in [5.74, 6) is 1.35. The number of benzene rings is 1. The molecule has 6 nitrogen and oxygen atoms in total. The quantitative estimate of drug-likeness (QED) is 0.628. The summed E-state index contributed by atoms with van der Waals surface area (Å²) >= 11 is 0. The number of hydrogen-bond acceptors (Lipinski definition) is 5. The van der Waals surface area contributed by atoms with Gasteiger partial charge in [-0.25, -0.2) is 9.97 Å². The van der Waals surface area contributed by atoms with Crippen LogP contribution in [0.2, 0.25) is 0 Å². The molecule has 2 N–H and O–H groups in total. The van der Waals surface area contributed by atoms with Gasteiger partial charge in [0.15, 0.2) is 11.4 Å². The molecule has 0 amide bonds. The molecule has 0 spiro atoms. The first-order chi connectivity index (χ1) is 11.3. The Balaban J connectivity index is 1.73. The van der Waals surface area contributed by atoms with Crippen LogP contribution in [0, 0.1) is 0 Å². The van der Waals surface area contributed by atoms with Gasteiger partial charge in [-0.1, -0.05) is 36.4 Å². The fourth-order valence-electron chi connectivity index (χ4n) is 2.27. The molecular weight excluding hydrogens is 290 g/mol. The summed E-state index contributed by atoms with van der Waals surface area (Å²) in [6.07, 6.45) is 5.45. The number of nitrogens with zero attached hydrogens (tertiary/aromatic N) is 4. The minimum absolute atomic E-state index is 0.278. The second-order valence-corrected chi connectivity index (χ2v) is 4.97. The summed E-state index contributed by atoms with van der Waals surface area (Å²) < 4.78 is 6.81. The third kappa shape index (κ3) is 2.57. The lowest BCUT2D eigenvalue weighted by Crippen LogP contribution is -2.02. The van der Waals surface area contributed by atoms with Gasteiger partial charge < -0.3 is 10.2 Å². The third-order valence-corrected chi connectivity index (χ3v) is 3.36. The van der Waals surface area contributed by atoms with Crippen molar-refractivity contribution in [3.63, 3.8) is 0 Å². The van der Waals surface area contributed by atoms with Crippen LogP contribution in [0.5, 0.6) is 0 Å². The minimum Gasteiger partial charge on any atom is -0.461 e. The van der Waals surface area contributed by atoms with Gasteiger partial charge in [0, 0.05) is 6.07 Å². The highest BCUT2D eigenvalue weighted by Gasteiger charge is 2.11. The topological polar surface area (TPSA) is 82.2 Å². The van der Waals surface area contributed by atoms with Crippen molar-refractivity contribution in [2.24, 2.45) is 0 Å². The summed E-state index contributed by atoms with van der Waals surface area (Å²) in [6, 6.07) is 15.4. The second kappa shape index (κ2) is 5.42. The van der Waals surface area contributed by atoms with E-state index in [0.717, 1.165) is 11.3 Å². The van der Waals surface area contributed by atoms with E-state index in [9.17, 15) is 0 Å². The zero-order valence-electron chi connectivity index (χ0n) is 12.1. The lowest BCUT2D eigenvalue weighted by Gasteiger charge is -1.99. The van der Waals surface area contributed by atoms with Crippen molar-refractivity contribution in [1.29, 1.82) is 0 Å². The lowest BCUT2D eigenvalue weighted by atomic mass is 10.2. The molecule has 4 rings (SSSR count). The van der Waals surface area contributed by atoms with Gasteiger partial charge in [-0.05, 0) is 23.8 Å². The summed E-state index contributed by atoms with van der Waals surface area (Å²) in [5.41, 5.74) is 8.41. The van der Waals surface area contributed by atoms with Crippen molar-refractivity contribution in [2.45, 2.75) is 0 Å². The van der Waals surface area contributed by atoms with Crippen LogP contribution in [0.25, 0.3) is 29.4 Å². The first-order valence-electron chi connectivity index (χ1n) is 7.10. The van der Waals surface area contributed by atoms with E-state index in [1.165, 1.54) is 4.52 Å². The number of rotatable bonds is 3. The molecule has 0 aliphatic rings. The maximum atomic E-state index is 5.98. The van der Waals surface area contributed by atoms with E-state index >= 15 is 0 Å². The fraction of sp³-hybridized carbons (Fsp3) is 0. The van der Waals surface area contributed by atoms with Gasteiger partial charge in [0.05, 0.1) is 12.0 Å². The van der Waals surface area contributed by atoms with Crippen molar-refractivity contribution < 1.29 is 4.42 Å². The van der Waals surface area contributed by atoms with Crippen molar-refractivity contribution in [3.05, 3.63) is 66.1 Å². The Morgan fingerprint density at radius 3 is 2.65 bits per heavy atom. The van der Waals surface area contributed by atoms with Crippen LogP contribution >= 0.6 is 0 Å². The smallest absolute Gasteiger partial charge is 0.223 e. The first kappa shape index (κ1) is 13.3. The highest BCUT2D eigenvalue weighted by molar-refractivity contribution is 5.70. The molecule has 0 radical (unpaired) electrons. The molecule has 0 aliphatic heterocycles. The zero-order chi connectivity index (χ0) is 15.6. The molecular formula is C17H13N5O. The largest absolute Gasteiger partial charge is 0.461 e. The van der Waals surface area contributed by atoms with E-state index in [-0.39, 0.29) is 5.95 Å². The molecule has 0 fully saturated rings. The number of fused-ring (bicyclic) bond motifs is 1. The number of aromatic nitrogens is 4. The predicted molar refractivity (Wildman–Crippen MR) is 88.3 cm³/mol. The molecule has 6 heteroatoms. The van der Waals surface area contributed by atoms with Gasteiger partial charge in [-0.15, -0.1) is 5.10 Å². The van der Waals surface area contributed by atoms with Gasteiger partial charge in [-0.3, -0.25) is 0 Å². The number of nitrogens with two attached hydrogens (primary N) is 1. The van der Waals surface area contributed by atoms with Gasteiger partial charge in [0.1, 0.15) is 0 Å². The lowest BCUT2D eigenvalue weighted by molar-refractivity contribution is 0.577. The van der Waals surface area contributed by atoms with E-state index < -0.39 is 0 Å². The van der Waals surface area contributed by atoms with E-state index in [2.05, 4.69) is 15.1 Å². The molecule has 112 valence electrons. The summed E-state index contributed by atoms with van der Waals surface area (Å²) in [5, 5.41) is 4.31. The van der Waals surface area contributed by atoms with Crippen LogP contribution in [-0.4, -0.2) is 19.6 Å². The number of nitrogen functional groups attached to an aromatic ring is 1. The van der Waals surface area contributed by atoms with Gasteiger partial charge >= 0.3 is 0 Å². The minimum atomic E-state index is 0.278. The standard InChI is InChI=1S/C17H13N5O/c18-17-19-13(9-8-12-5-2-1-3-6-12)11-15-20-16(21-22(15)17)14-7-4-10-23-14/h1-11H,(H2,18,19)/b9-8+. The van der Waals surface area contributed by atoms with Crippen LogP contribution < -0.4 is 5.73 Å². The van der Waals surface area contributed by atoms with E-state index in [0.29, 0.717) is 17.2 Å². The Labute approximate surface area is 131 Å². The number of anilines is 1. The maximum Gasteiger partial charge on any atom is 0.223 e. The fourth-order valence-corrected chi connectivity index (χ4v) is 2.27. The van der Waals surface area contributed by atoms with Crippen molar-refractivity contribution in [3.8, 4) is 11.6 Å². The summed E-state index contributed by atoms with van der Waals surface area (Å²) in [4.78, 5) is 8.77. The molecule has 0 aliphatic carbocycles. The molecule has 3 heterocycles. The van der Waals surface area contributed by atoms with Gasteiger partial charge in [0.25, 0.3) is 0 Å². The SMILES string of the molecule is Nc1nc(/C=C/c2ccccc2)cc2nc(-c3ccco3)nn12. The molecule has 0 saturated heterocycles. The molecule has 3 aromatic heterocycles. The first-order valence-corrected chi connectivity index (χ1v) is 7.10. The number of hydrogen-bond donors (Lipinski definition) is 1. The second-order valence-electron chi connectivity index (χ2n) is 4.97. The monoisotopic (exact) mass is 303 g/mol. The average Bonchev–Trinajstić information content (AvgIpc) is 3.23.